The van der Waals surface area contributed by atoms with Gasteiger partial charge in [-0.3, -0.25) is 9.59 Å². The van der Waals surface area contributed by atoms with Crippen LogP contribution >= 0.6 is 23.1 Å². The van der Waals surface area contributed by atoms with Crippen molar-refractivity contribution < 1.29 is 65.1 Å². The number of hydrogen-bond acceptors (Lipinski definition) is 17. The van der Waals surface area contributed by atoms with E-state index in [4.69, 9.17) is 30.7 Å². The van der Waals surface area contributed by atoms with Gasteiger partial charge in [-0.15, -0.1) is 12.4 Å². The van der Waals surface area contributed by atoms with Gasteiger partial charge in [0, 0.05) is 74.2 Å². The number of carbonyl (C=O) groups excluding carboxylic acids is 2. The highest BCUT2D eigenvalue weighted by atomic mass is 35.7. The number of nitrogens with zero attached hydrogens (tertiary/aromatic N) is 7. The molecule has 88 heavy (non-hydrogen) atoms. The van der Waals surface area contributed by atoms with Crippen LogP contribution in [0.3, 0.4) is 0 Å². The Morgan fingerprint density at radius 2 is 0.932 bits per heavy atom. The van der Waals surface area contributed by atoms with E-state index in [1.54, 1.807) is 77.7 Å². The minimum absolute atomic E-state index is 0. The number of aliphatic hydroxyl groups is 4. The maximum Gasteiger partial charge on any atom is 0.272 e. The van der Waals surface area contributed by atoms with Crippen molar-refractivity contribution in [3.63, 3.8) is 0 Å². The molecular formula is C62H56Cl2F2N8O12S2. The third kappa shape index (κ3) is 17.7. The Morgan fingerprint density at radius 1 is 0.557 bits per heavy atom. The first-order valence-electron chi connectivity index (χ1n) is 26.7. The number of aliphatic hydroxyl groups excluding tert-OH is 4. The second kappa shape index (κ2) is 30.7. The molecular weight excluding hydrogens is 1220 g/mol. The maximum atomic E-state index is 13.5. The smallest absolute Gasteiger partial charge is 0.272 e. The second-order valence-electron chi connectivity index (χ2n) is 19.4. The summed E-state index contributed by atoms with van der Waals surface area (Å²) in [4.78, 5) is 38.7. The number of hydrogen-bond donors (Lipinski definition) is 5. The zero-order chi connectivity index (χ0) is 62.3. The van der Waals surface area contributed by atoms with Crippen LogP contribution in [-0.4, -0.2) is 139 Å². The number of halogens is 4. The van der Waals surface area contributed by atoms with Gasteiger partial charge in [-0.25, -0.2) is 35.6 Å². The number of amides is 2. The van der Waals surface area contributed by atoms with Gasteiger partial charge in [0.2, 0.25) is 10.0 Å². The van der Waals surface area contributed by atoms with Crippen LogP contribution in [0.5, 0.6) is 23.0 Å². The first-order chi connectivity index (χ1) is 41.7. The summed E-state index contributed by atoms with van der Waals surface area (Å²) in [5, 5.41) is 60.3. The lowest BCUT2D eigenvalue weighted by Crippen LogP contribution is -2.50. The molecule has 2 fully saturated rings. The molecule has 0 aliphatic carbocycles. The molecule has 26 heteroatoms. The van der Waals surface area contributed by atoms with Crippen LogP contribution in [0.1, 0.15) is 55.4 Å². The molecule has 2 amide bonds. The van der Waals surface area contributed by atoms with Gasteiger partial charge in [0.05, 0.1) is 57.7 Å². The van der Waals surface area contributed by atoms with Crippen molar-refractivity contribution in [1.82, 2.24) is 29.4 Å². The SMILES string of the molecule is Cl.N#Cc1cccc(S(=O)(=O)Cl)c1.N#Cc1cccc(S(=O)(=O)N2CCN(C(=O)c3cc([C@H](O)CO)cc(-c4ccc(Oc5ccc(F)cc5)cc4)n3)CC2)c1.O=C(c1cc([C@H](O)CO)cc(-c2ccc(Oc3ccc(F)cc3)cc2)n1)N1CCNCC1. The fraction of sp³-hybridized carbons (Fsp3) is 0.194. The van der Waals surface area contributed by atoms with Crippen molar-refractivity contribution in [2.45, 2.75) is 22.0 Å². The van der Waals surface area contributed by atoms with Crippen molar-refractivity contribution in [2.24, 2.45) is 0 Å². The predicted octanol–water partition coefficient (Wildman–Crippen LogP) is 8.38. The molecule has 20 nitrogen and oxygen atoms in total. The number of benzene rings is 6. The summed E-state index contributed by atoms with van der Waals surface area (Å²) in [5.41, 5.74) is 3.68. The van der Waals surface area contributed by atoms with E-state index in [2.05, 4.69) is 15.3 Å². The molecule has 456 valence electrons. The number of sulfonamides is 1. The highest BCUT2D eigenvalue weighted by Gasteiger charge is 2.32. The van der Waals surface area contributed by atoms with Gasteiger partial charge < -0.3 is 45.0 Å². The summed E-state index contributed by atoms with van der Waals surface area (Å²) < 4.78 is 86.7. The van der Waals surface area contributed by atoms with Crippen molar-refractivity contribution in [3.8, 4) is 57.7 Å². The van der Waals surface area contributed by atoms with Gasteiger partial charge >= 0.3 is 0 Å². The first-order valence-corrected chi connectivity index (χ1v) is 30.4. The molecule has 2 atom stereocenters. The second-order valence-corrected chi connectivity index (χ2v) is 23.9. The first kappa shape index (κ1) is 66.8. The predicted molar refractivity (Wildman–Crippen MR) is 322 cm³/mol. The monoisotopic (exact) mass is 1280 g/mol. The van der Waals surface area contributed by atoms with Gasteiger partial charge in [0.15, 0.2) is 0 Å². The Bertz CT molecular complexity index is 4040. The lowest BCUT2D eigenvalue weighted by molar-refractivity contribution is 0.0689. The van der Waals surface area contributed by atoms with Crippen LogP contribution in [0, 0.1) is 34.3 Å². The minimum atomic E-state index is -3.86. The number of pyridine rings is 2. The minimum Gasteiger partial charge on any atom is -0.457 e. The molecule has 0 unspecified atom stereocenters. The largest absolute Gasteiger partial charge is 0.457 e. The number of nitrogens with one attached hydrogen (secondary N) is 1. The summed E-state index contributed by atoms with van der Waals surface area (Å²) >= 11 is 0. The van der Waals surface area contributed by atoms with Crippen molar-refractivity contribution in [3.05, 3.63) is 215 Å². The van der Waals surface area contributed by atoms with Crippen molar-refractivity contribution in [1.29, 1.82) is 10.5 Å². The number of aromatic nitrogens is 2. The van der Waals surface area contributed by atoms with Crippen LogP contribution < -0.4 is 14.8 Å². The average Bonchev–Trinajstić information content (AvgIpc) is 3.67. The molecule has 2 saturated heterocycles. The number of carbonyl (C=O) groups is 2. The number of rotatable bonds is 15. The van der Waals surface area contributed by atoms with E-state index in [0.717, 1.165) is 5.56 Å². The fourth-order valence-corrected chi connectivity index (χ4v) is 11.1. The molecule has 2 aliphatic heterocycles. The van der Waals surface area contributed by atoms with E-state index >= 15 is 0 Å². The normalized spacial score (nSPS) is 14.0. The number of ether oxygens (including phenoxy) is 2. The van der Waals surface area contributed by atoms with E-state index in [0.29, 0.717) is 77.3 Å². The molecule has 0 saturated carbocycles. The van der Waals surface area contributed by atoms with Gasteiger partial charge in [0.25, 0.3) is 20.9 Å². The van der Waals surface area contributed by atoms with Crippen LogP contribution in [0.2, 0.25) is 0 Å². The van der Waals surface area contributed by atoms with Gasteiger partial charge in [-0.05, 0) is 169 Å². The van der Waals surface area contributed by atoms with Crippen LogP contribution in [0.25, 0.3) is 22.5 Å². The number of piperazine rings is 2. The molecule has 4 heterocycles. The maximum absolute atomic E-state index is 13.5. The van der Waals surface area contributed by atoms with E-state index < -0.39 is 50.4 Å². The average molecular weight is 1280 g/mol. The van der Waals surface area contributed by atoms with E-state index in [1.807, 2.05) is 12.1 Å². The summed E-state index contributed by atoms with van der Waals surface area (Å²) in [7, 11) is -2.52. The summed E-state index contributed by atoms with van der Waals surface area (Å²) in [5.74, 6) is 0.637. The van der Waals surface area contributed by atoms with Crippen LogP contribution in [-0.2, 0) is 19.1 Å². The van der Waals surface area contributed by atoms with E-state index in [-0.39, 0.29) is 88.4 Å². The molecule has 6 aromatic carbocycles. The molecule has 0 radical (unpaired) electrons. The topological polar surface area (TPSA) is 297 Å². The van der Waals surface area contributed by atoms with E-state index in [9.17, 15) is 55.6 Å². The van der Waals surface area contributed by atoms with Gasteiger partial charge in [0.1, 0.15) is 58.2 Å². The Labute approximate surface area is 516 Å². The standard InChI is InChI=1S/C31H27FN4O6S.C24H24FN3O4.C7H4ClNO2S.ClH/c32-24-6-10-26(11-7-24)42-25-8-4-22(5-9-25)28-17-23(30(38)20-37)18-29(34-28)31(39)35-12-14-36(15-13-35)43(40,41)27-3-1-2-21(16-27)19-33;25-18-3-7-20(8-4-18)32-19-5-1-16(2-6-19)21-13-17(23(30)15-29)14-22(27-21)24(31)28-11-9-26-10-12-28;8-12(10,11)7-3-1-2-6(4-7)5-9;/h1-11,16-18,30,37-38H,12-15,20H2;1-8,13-14,23,26,29-30H,9-12,15H2;1-4H;1H/t30-;23-;;/m11../s1. The Hall–Kier alpha value is -8.76. The Morgan fingerprint density at radius 3 is 1.32 bits per heavy atom. The highest BCUT2D eigenvalue weighted by Crippen LogP contribution is 2.31. The third-order valence-electron chi connectivity index (χ3n) is 13.4. The van der Waals surface area contributed by atoms with Crippen molar-refractivity contribution >= 4 is 54.0 Å². The Kier molecular flexibility index (Phi) is 23.3. The van der Waals surface area contributed by atoms with Gasteiger partial charge in [-0.1, -0.05) is 12.1 Å². The lowest BCUT2D eigenvalue weighted by Gasteiger charge is -2.34. The lowest BCUT2D eigenvalue weighted by atomic mass is 10.0. The molecule has 0 spiro atoms. The third-order valence-corrected chi connectivity index (χ3v) is 16.7. The number of nitriles is 2. The van der Waals surface area contributed by atoms with Crippen molar-refractivity contribution in [2.75, 3.05) is 65.6 Å². The highest BCUT2D eigenvalue weighted by molar-refractivity contribution is 8.13. The zero-order valence-electron chi connectivity index (χ0n) is 46.4. The summed E-state index contributed by atoms with van der Waals surface area (Å²) in [6.45, 7) is 1.87. The van der Waals surface area contributed by atoms with Gasteiger partial charge in [-0.2, -0.15) is 14.8 Å². The molecule has 0 bridgehead atoms. The fourth-order valence-electron chi connectivity index (χ4n) is 8.79. The van der Waals surface area contributed by atoms with E-state index in [1.165, 1.54) is 106 Å². The molecule has 2 aromatic heterocycles. The Balaban J connectivity index is 0.000000215. The molecule has 10 rings (SSSR count). The zero-order valence-corrected chi connectivity index (χ0v) is 49.6. The molecule has 2 aliphatic rings. The van der Waals surface area contributed by atoms with Crippen LogP contribution in [0.15, 0.2) is 180 Å². The summed E-state index contributed by atoms with van der Waals surface area (Å²) in [6, 6.07) is 46.4. The molecule has 5 N–H and O–H groups in total. The summed E-state index contributed by atoms with van der Waals surface area (Å²) in [6.07, 6.45) is -2.37. The molecule has 8 aromatic rings. The quantitative estimate of drug-likeness (QED) is 0.0602. The van der Waals surface area contributed by atoms with Crippen LogP contribution in [0.4, 0.5) is 8.78 Å².